The number of nitrogens with zero attached hydrogens (tertiary/aromatic N) is 2. The van der Waals surface area contributed by atoms with Crippen LogP contribution in [0.2, 0.25) is 0 Å². The molecule has 31 heavy (non-hydrogen) atoms. The molecule has 0 aromatic heterocycles. The second-order valence-electron chi connectivity index (χ2n) is 8.62. The number of hydrogen-bond acceptors (Lipinski definition) is 4. The van der Waals surface area contributed by atoms with Crippen LogP contribution in [0.15, 0.2) is 23.1 Å². The molecule has 1 aromatic rings. The van der Waals surface area contributed by atoms with Crippen molar-refractivity contribution < 1.29 is 27.2 Å². The number of carbonyl (C=O) groups excluding carboxylic acids is 2. The maximum Gasteiger partial charge on any atom is 0.403 e. The summed E-state index contributed by atoms with van der Waals surface area (Å²) in [6, 6.07) is 5.19. The van der Waals surface area contributed by atoms with Crippen molar-refractivity contribution in [3.05, 3.63) is 29.6 Å². The molecule has 5 nitrogen and oxygen atoms in total. The van der Waals surface area contributed by atoms with Crippen molar-refractivity contribution in [3.63, 3.8) is 0 Å². The Labute approximate surface area is 181 Å². The minimum atomic E-state index is -4.67. The molecule has 0 spiro atoms. The predicted octanol–water partition coefficient (Wildman–Crippen LogP) is 3.71. The van der Waals surface area contributed by atoms with Crippen molar-refractivity contribution >= 4 is 23.6 Å². The summed E-state index contributed by atoms with van der Waals surface area (Å²) in [6.45, 7) is 1.70. The number of thioether (sulfide) groups is 1. The summed E-state index contributed by atoms with van der Waals surface area (Å²) in [5.74, 6) is -2.06. The van der Waals surface area contributed by atoms with Crippen molar-refractivity contribution in [2.24, 2.45) is 5.41 Å². The van der Waals surface area contributed by atoms with Crippen LogP contribution in [0.4, 0.5) is 17.6 Å². The van der Waals surface area contributed by atoms with Gasteiger partial charge in [0.15, 0.2) is 0 Å². The molecule has 1 heterocycles. The fourth-order valence-electron chi connectivity index (χ4n) is 4.01. The highest BCUT2D eigenvalue weighted by Crippen LogP contribution is 2.59. The van der Waals surface area contributed by atoms with Crippen LogP contribution >= 0.6 is 11.8 Å². The number of hydrogen-bond donors (Lipinski definition) is 1. The van der Waals surface area contributed by atoms with Gasteiger partial charge in [0.05, 0.1) is 6.07 Å². The molecule has 10 heteroatoms. The fraction of sp³-hybridized carbons (Fsp3) is 0.571. The Morgan fingerprint density at radius 3 is 2.45 bits per heavy atom. The zero-order valence-corrected chi connectivity index (χ0v) is 17.6. The molecule has 1 saturated heterocycles. The molecule has 2 atom stereocenters. The van der Waals surface area contributed by atoms with E-state index in [1.54, 1.807) is 13.0 Å². The molecule has 2 saturated carbocycles. The number of amides is 2. The Morgan fingerprint density at radius 2 is 1.94 bits per heavy atom. The molecular formula is C21H21F4N3O2S. The lowest BCUT2D eigenvalue weighted by atomic mass is 10.0. The minimum absolute atomic E-state index is 0.0181. The van der Waals surface area contributed by atoms with E-state index in [0.717, 1.165) is 9.80 Å². The molecule has 3 aliphatic rings. The highest BCUT2D eigenvalue weighted by Gasteiger charge is 2.70. The number of alkyl halides is 3. The summed E-state index contributed by atoms with van der Waals surface area (Å²) in [6.07, 6.45) is -4.11. The summed E-state index contributed by atoms with van der Waals surface area (Å²) in [7, 11) is 0. The van der Waals surface area contributed by atoms with E-state index < -0.39 is 40.8 Å². The number of carbonyl (C=O) groups is 2. The minimum Gasteiger partial charge on any atom is -0.336 e. The monoisotopic (exact) mass is 455 g/mol. The van der Waals surface area contributed by atoms with Gasteiger partial charge >= 0.3 is 6.18 Å². The van der Waals surface area contributed by atoms with Gasteiger partial charge in [0, 0.05) is 16.7 Å². The van der Waals surface area contributed by atoms with Crippen molar-refractivity contribution in [1.82, 2.24) is 10.2 Å². The smallest absolute Gasteiger partial charge is 0.336 e. The van der Waals surface area contributed by atoms with Crippen LogP contribution in [-0.2, 0) is 9.59 Å². The number of nitriles is 1. The Morgan fingerprint density at radius 1 is 1.26 bits per heavy atom. The van der Waals surface area contributed by atoms with Crippen LogP contribution < -0.4 is 5.32 Å². The van der Waals surface area contributed by atoms with Crippen molar-refractivity contribution in [1.29, 1.82) is 5.26 Å². The molecule has 0 bridgehead atoms. The molecule has 2 amide bonds. The van der Waals surface area contributed by atoms with E-state index >= 15 is 0 Å². The molecule has 1 unspecified atom stereocenters. The van der Waals surface area contributed by atoms with Gasteiger partial charge in [0.25, 0.3) is 0 Å². The van der Waals surface area contributed by atoms with E-state index in [1.165, 1.54) is 23.9 Å². The largest absolute Gasteiger partial charge is 0.403 e. The first-order chi connectivity index (χ1) is 14.5. The van der Waals surface area contributed by atoms with Crippen LogP contribution in [0, 0.1) is 29.5 Å². The lowest BCUT2D eigenvalue weighted by Gasteiger charge is -2.29. The highest BCUT2D eigenvalue weighted by atomic mass is 32.2. The van der Waals surface area contributed by atoms with Gasteiger partial charge in [-0.3, -0.25) is 9.59 Å². The van der Waals surface area contributed by atoms with E-state index in [2.05, 4.69) is 5.32 Å². The third-order valence-corrected chi connectivity index (χ3v) is 7.67. The molecule has 166 valence electrons. The summed E-state index contributed by atoms with van der Waals surface area (Å²) < 4.78 is 54.1. The molecule has 2 aliphatic carbocycles. The van der Waals surface area contributed by atoms with E-state index in [9.17, 15) is 32.4 Å². The number of rotatable bonds is 5. The zero-order valence-electron chi connectivity index (χ0n) is 16.8. The molecule has 1 aromatic carbocycles. The zero-order chi connectivity index (χ0) is 22.6. The maximum atomic E-state index is 13.6. The first kappa shape index (κ1) is 21.9. The molecule has 0 radical (unpaired) electrons. The second kappa shape index (κ2) is 7.40. The van der Waals surface area contributed by atoms with Gasteiger partial charge in [-0.1, -0.05) is 0 Å². The maximum absolute atomic E-state index is 13.6. The standard InChI is InChI=1S/C21H21F4N3O2S/c1-12-8-13(22)2-3-16(12)31-14-9-15(17(29)27-19(11-26)4-5-19)28(10-14)18(30)20(6-7-20)21(23,24)25/h2-3,8,14-15H,4-7,9-10H2,1H3,(H,27,29)/t14-,15?/m1/s1. The van der Waals surface area contributed by atoms with Gasteiger partial charge in [0.1, 0.15) is 22.8 Å². The lowest BCUT2D eigenvalue weighted by molar-refractivity contribution is -0.199. The fourth-order valence-corrected chi connectivity index (χ4v) is 5.27. The number of aryl methyl sites for hydroxylation is 1. The molecule has 1 aliphatic heterocycles. The first-order valence-corrected chi connectivity index (χ1v) is 10.9. The summed E-state index contributed by atoms with van der Waals surface area (Å²) in [5.41, 5.74) is -2.72. The van der Waals surface area contributed by atoms with Crippen molar-refractivity contribution in [2.45, 2.75) is 66.9 Å². The quantitative estimate of drug-likeness (QED) is 0.687. The Bertz CT molecular complexity index is 966. The van der Waals surface area contributed by atoms with Crippen LogP contribution in [0.25, 0.3) is 0 Å². The Kier molecular flexibility index (Phi) is 5.23. The summed E-state index contributed by atoms with van der Waals surface area (Å²) >= 11 is 1.32. The number of nitrogens with one attached hydrogen (secondary N) is 1. The van der Waals surface area contributed by atoms with Crippen LogP contribution in [0.3, 0.4) is 0 Å². The van der Waals surface area contributed by atoms with E-state index in [4.69, 9.17) is 0 Å². The lowest BCUT2D eigenvalue weighted by Crippen LogP contribution is -2.53. The van der Waals surface area contributed by atoms with Crippen LogP contribution in [0.1, 0.15) is 37.7 Å². The van der Waals surface area contributed by atoms with Crippen molar-refractivity contribution in [2.75, 3.05) is 6.54 Å². The number of likely N-dealkylation sites (tertiary alicyclic amines) is 1. The average Bonchev–Trinajstić information content (AvgIpc) is 3.61. The summed E-state index contributed by atoms with van der Waals surface area (Å²) in [4.78, 5) is 27.6. The third-order valence-electron chi connectivity index (χ3n) is 6.29. The second-order valence-corrected chi connectivity index (χ2v) is 9.96. The average molecular weight is 455 g/mol. The number of halogens is 4. The van der Waals surface area contributed by atoms with Crippen LogP contribution in [-0.4, -0.2) is 46.3 Å². The number of benzene rings is 1. The van der Waals surface area contributed by atoms with Crippen molar-refractivity contribution in [3.8, 4) is 6.07 Å². The van der Waals surface area contributed by atoms with Gasteiger partial charge in [0.2, 0.25) is 11.8 Å². The van der Waals surface area contributed by atoms with Gasteiger partial charge in [-0.25, -0.2) is 4.39 Å². The molecule has 3 fully saturated rings. The van der Waals surface area contributed by atoms with E-state index in [0.29, 0.717) is 18.4 Å². The topological polar surface area (TPSA) is 73.2 Å². The Hall–Kier alpha value is -2.28. The van der Waals surface area contributed by atoms with Crippen LogP contribution in [0.5, 0.6) is 0 Å². The van der Waals surface area contributed by atoms with Gasteiger partial charge in [-0.05, 0) is 62.8 Å². The molecular weight excluding hydrogens is 434 g/mol. The van der Waals surface area contributed by atoms with E-state index in [1.807, 2.05) is 6.07 Å². The van der Waals surface area contributed by atoms with E-state index in [-0.39, 0.29) is 31.1 Å². The molecule has 1 N–H and O–H groups in total. The first-order valence-electron chi connectivity index (χ1n) is 10.0. The summed E-state index contributed by atoms with van der Waals surface area (Å²) in [5, 5.41) is 11.5. The Balaban J connectivity index is 1.56. The molecule has 4 rings (SSSR count). The SMILES string of the molecule is Cc1cc(F)ccc1S[C@@H]1CC(C(=O)NC2(C#N)CC2)N(C(=O)C2(C(F)(F)F)CC2)C1. The third kappa shape index (κ3) is 4.00. The van der Waals surface area contributed by atoms with Gasteiger partial charge < -0.3 is 10.2 Å². The van der Waals surface area contributed by atoms with Gasteiger partial charge in [-0.15, -0.1) is 11.8 Å². The van der Waals surface area contributed by atoms with Gasteiger partial charge in [-0.2, -0.15) is 18.4 Å². The normalized spacial score (nSPS) is 25.6. The predicted molar refractivity (Wildman–Crippen MR) is 104 cm³/mol. The highest BCUT2D eigenvalue weighted by molar-refractivity contribution is 8.00.